The molecule has 1 unspecified atom stereocenters. The molecule has 1 aliphatic rings. The van der Waals surface area contributed by atoms with Crippen LogP contribution in [0.3, 0.4) is 0 Å². The summed E-state index contributed by atoms with van der Waals surface area (Å²) in [5, 5.41) is 0. The van der Waals surface area contributed by atoms with Crippen LogP contribution in [0.25, 0.3) is 0 Å². The van der Waals surface area contributed by atoms with Crippen molar-refractivity contribution in [3.05, 3.63) is 29.8 Å². The van der Waals surface area contributed by atoms with Gasteiger partial charge < -0.3 is 15.4 Å². The molecule has 86 valence electrons. The summed E-state index contributed by atoms with van der Waals surface area (Å²) in [6.07, 6.45) is 0. The first-order chi connectivity index (χ1) is 7.74. The van der Waals surface area contributed by atoms with Crippen molar-refractivity contribution in [1.29, 1.82) is 0 Å². The Bertz CT molecular complexity index is 392. The lowest BCUT2D eigenvalue weighted by Crippen LogP contribution is -2.53. The van der Waals surface area contributed by atoms with Crippen LogP contribution < -0.4 is 10.6 Å². The molecule has 4 nitrogen and oxygen atoms in total. The number of carbonyl (C=O) groups excluding carboxylic acids is 1. The van der Waals surface area contributed by atoms with Crippen LogP contribution in [0.1, 0.15) is 5.56 Å². The Morgan fingerprint density at radius 3 is 2.94 bits per heavy atom. The monoisotopic (exact) mass is 220 g/mol. The molecule has 0 aliphatic carbocycles. The van der Waals surface area contributed by atoms with E-state index in [9.17, 15) is 4.79 Å². The summed E-state index contributed by atoms with van der Waals surface area (Å²) >= 11 is 0. The van der Waals surface area contributed by atoms with Gasteiger partial charge in [-0.2, -0.15) is 0 Å². The molecule has 1 atom stereocenters. The number of benzene rings is 1. The Morgan fingerprint density at radius 2 is 2.25 bits per heavy atom. The molecule has 1 saturated heterocycles. The van der Waals surface area contributed by atoms with Gasteiger partial charge in [-0.25, -0.2) is 0 Å². The van der Waals surface area contributed by atoms with Gasteiger partial charge in [0.05, 0.1) is 12.6 Å². The number of carbonyl (C=O) groups is 1. The lowest BCUT2D eigenvalue weighted by atomic mass is 10.1. The highest BCUT2D eigenvalue weighted by molar-refractivity contribution is 5.96. The maximum Gasteiger partial charge on any atom is 0.253 e. The van der Waals surface area contributed by atoms with Crippen molar-refractivity contribution in [2.75, 3.05) is 24.7 Å². The molecule has 4 heteroatoms. The lowest BCUT2D eigenvalue weighted by Gasteiger charge is -2.35. The maximum absolute atomic E-state index is 11.9. The third-order valence-electron chi connectivity index (χ3n) is 2.82. The van der Waals surface area contributed by atoms with Crippen LogP contribution >= 0.6 is 0 Å². The molecule has 0 spiro atoms. The van der Waals surface area contributed by atoms with Gasteiger partial charge in [-0.05, 0) is 18.6 Å². The second kappa shape index (κ2) is 4.63. The van der Waals surface area contributed by atoms with Crippen molar-refractivity contribution < 1.29 is 9.53 Å². The van der Waals surface area contributed by atoms with Crippen LogP contribution in [-0.2, 0) is 9.53 Å². The average Bonchev–Trinajstić information content (AvgIpc) is 2.30. The topological polar surface area (TPSA) is 55.6 Å². The summed E-state index contributed by atoms with van der Waals surface area (Å²) in [4.78, 5) is 13.6. The van der Waals surface area contributed by atoms with E-state index in [0.29, 0.717) is 13.2 Å². The molecule has 0 radical (unpaired) electrons. The number of ether oxygens (including phenoxy) is 1. The van der Waals surface area contributed by atoms with Gasteiger partial charge in [0, 0.05) is 12.2 Å². The Balaban J connectivity index is 2.36. The number of hydrogen-bond acceptors (Lipinski definition) is 3. The molecule has 2 N–H and O–H groups in total. The van der Waals surface area contributed by atoms with E-state index in [0.717, 1.165) is 11.3 Å². The van der Waals surface area contributed by atoms with Gasteiger partial charge in [0.25, 0.3) is 5.91 Å². The van der Waals surface area contributed by atoms with E-state index < -0.39 is 0 Å². The van der Waals surface area contributed by atoms with E-state index in [2.05, 4.69) is 0 Å². The Kier molecular flexibility index (Phi) is 3.22. The molecular weight excluding hydrogens is 204 g/mol. The van der Waals surface area contributed by atoms with Gasteiger partial charge in [0.1, 0.15) is 6.61 Å². The van der Waals surface area contributed by atoms with E-state index in [1.807, 2.05) is 31.2 Å². The van der Waals surface area contributed by atoms with Crippen LogP contribution in [-0.4, -0.2) is 31.7 Å². The van der Waals surface area contributed by atoms with Crippen LogP contribution in [0, 0.1) is 6.92 Å². The molecular formula is C12H16N2O2. The second-order valence-corrected chi connectivity index (χ2v) is 3.95. The number of aryl methyl sites for hydroxylation is 1. The fraction of sp³-hybridized carbons (Fsp3) is 0.417. The largest absolute Gasteiger partial charge is 0.369 e. The summed E-state index contributed by atoms with van der Waals surface area (Å²) in [6.45, 7) is 3.06. The highest BCUT2D eigenvalue weighted by atomic mass is 16.5. The SMILES string of the molecule is Cc1ccccc1N1C(=O)COCC1CN. The molecule has 1 aliphatic heterocycles. The predicted octanol–water partition coefficient (Wildman–Crippen LogP) is 0.686. The fourth-order valence-corrected chi connectivity index (χ4v) is 1.97. The Labute approximate surface area is 95.0 Å². The standard InChI is InChI=1S/C12H16N2O2/c1-9-4-2-3-5-11(9)14-10(6-13)7-16-8-12(14)15/h2-5,10H,6-8,13H2,1H3. The summed E-state index contributed by atoms with van der Waals surface area (Å²) in [5.74, 6) is -0.0176. The summed E-state index contributed by atoms with van der Waals surface area (Å²) in [7, 11) is 0. The van der Waals surface area contributed by atoms with Crippen molar-refractivity contribution in [2.45, 2.75) is 13.0 Å². The highest BCUT2D eigenvalue weighted by Gasteiger charge is 2.29. The molecule has 0 saturated carbocycles. The van der Waals surface area contributed by atoms with E-state index in [1.165, 1.54) is 0 Å². The van der Waals surface area contributed by atoms with E-state index >= 15 is 0 Å². The third-order valence-corrected chi connectivity index (χ3v) is 2.82. The minimum atomic E-state index is -0.0534. The molecule has 1 aromatic rings. The zero-order valence-corrected chi connectivity index (χ0v) is 9.35. The first-order valence-electron chi connectivity index (χ1n) is 5.39. The van der Waals surface area contributed by atoms with Crippen LogP contribution in [0.2, 0.25) is 0 Å². The number of nitrogens with two attached hydrogens (primary N) is 1. The average molecular weight is 220 g/mol. The molecule has 1 heterocycles. The van der Waals surface area contributed by atoms with Crippen LogP contribution in [0.15, 0.2) is 24.3 Å². The first kappa shape index (κ1) is 11.1. The second-order valence-electron chi connectivity index (χ2n) is 3.95. The van der Waals surface area contributed by atoms with Crippen LogP contribution in [0.5, 0.6) is 0 Å². The van der Waals surface area contributed by atoms with Crippen molar-refractivity contribution in [2.24, 2.45) is 5.73 Å². The van der Waals surface area contributed by atoms with Gasteiger partial charge in [0.2, 0.25) is 0 Å². The van der Waals surface area contributed by atoms with Gasteiger partial charge >= 0.3 is 0 Å². The van der Waals surface area contributed by atoms with E-state index in [1.54, 1.807) is 4.90 Å². The number of para-hydroxylation sites is 1. The van der Waals surface area contributed by atoms with Crippen LogP contribution in [0.4, 0.5) is 5.69 Å². The fourth-order valence-electron chi connectivity index (χ4n) is 1.97. The van der Waals surface area contributed by atoms with Gasteiger partial charge in [-0.3, -0.25) is 4.79 Å². The minimum absolute atomic E-state index is 0.0176. The van der Waals surface area contributed by atoms with Crippen molar-refractivity contribution in [3.8, 4) is 0 Å². The van der Waals surface area contributed by atoms with Gasteiger partial charge in [-0.15, -0.1) is 0 Å². The minimum Gasteiger partial charge on any atom is -0.369 e. The number of anilines is 1. The van der Waals surface area contributed by atoms with E-state index in [-0.39, 0.29) is 18.6 Å². The normalized spacial score (nSPS) is 21.2. The first-order valence-corrected chi connectivity index (χ1v) is 5.39. The number of hydrogen-bond donors (Lipinski definition) is 1. The molecule has 16 heavy (non-hydrogen) atoms. The smallest absolute Gasteiger partial charge is 0.253 e. The van der Waals surface area contributed by atoms with E-state index in [4.69, 9.17) is 10.5 Å². The number of amides is 1. The Morgan fingerprint density at radius 1 is 1.50 bits per heavy atom. The summed E-state index contributed by atoms with van der Waals surface area (Å²) in [5.41, 5.74) is 7.69. The van der Waals surface area contributed by atoms with Crippen molar-refractivity contribution in [1.82, 2.24) is 0 Å². The lowest BCUT2D eigenvalue weighted by molar-refractivity contribution is -0.127. The number of morpholine rings is 1. The molecule has 0 aromatic heterocycles. The Hall–Kier alpha value is -1.39. The predicted molar refractivity (Wildman–Crippen MR) is 62.3 cm³/mol. The molecule has 1 fully saturated rings. The number of nitrogens with zero attached hydrogens (tertiary/aromatic N) is 1. The highest BCUT2D eigenvalue weighted by Crippen LogP contribution is 2.23. The zero-order chi connectivity index (χ0) is 11.5. The maximum atomic E-state index is 11.9. The molecule has 1 amide bonds. The molecule has 2 rings (SSSR count). The van der Waals surface area contributed by atoms with Gasteiger partial charge in [-0.1, -0.05) is 18.2 Å². The van der Waals surface area contributed by atoms with Crippen molar-refractivity contribution >= 4 is 11.6 Å². The molecule has 1 aromatic carbocycles. The number of rotatable bonds is 2. The zero-order valence-electron chi connectivity index (χ0n) is 9.35. The summed E-state index contributed by atoms with van der Waals surface area (Å²) in [6, 6.07) is 7.77. The quantitative estimate of drug-likeness (QED) is 0.797. The third kappa shape index (κ3) is 1.94. The summed E-state index contributed by atoms with van der Waals surface area (Å²) < 4.78 is 5.21. The van der Waals surface area contributed by atoms with Crippen molar-refractivity contribution in [3.63, 3.8) is 0 Å². The molecule has 0 bridgehead atoms. The van der Waals surface area contributed by atoms with Gasteiger partial charge in [0.15, 0.2) is 0 Å².